The van der Waals surface area contributed by atoms with Gasteiger partial charge in [-0.1, -0.05) is 12.8 Å². The fourth-order valence-electron chi connectivity index (χ4n) is 4.29. The van der Waals surface area contributed by atoms with E-state index in [2.05, 4.69) is 0 Å². The second-order valence-corrected chi connectivity index (χ2v) is 9.51. The number of carbonyl (C=O) groups is 1. The third-order valence-electron chi connectivity index (χ3n) is 5.81. The van der Waals surface area contributed by atoms with Crippen molar-refractivity contribution in [3.63, 3.8) is 0 Å². The number of fused-ring (bicyclic) bond motifs is 1. The van der Waals surface area contributed by atoms with Crippen LogP contribution in [0.15, 0.2) is 53.4 Å². The van der Waals surface area contributed by atoms with E-state index in [0.29, 0.717) is 11.5 Å². The summed E-state index contributed by atoms with van der Waals surface area (Å²) in [6, 6.07) is 11.5. The molecule has 0 aromatic heterocycles. The van der Waals surface area contributed by atoms with Crippen molar-refractivity contribution in [3.05, 3.63) is 58.6 Å². The molecule has 1 saturated carbocycles. The molecule has 0 spiro atoms. The molecule has 0 radical (unpaired) electrons. The number of nitro groups is 1. The molecule has 30 heavy (non-hydrogen) atoms. The Morgan fingerprint density at radius 2 is 1.57 bits per heavy atom. The monoisotopic (exact) mass is 430 g/mol. The van der Waals surface area contributed by atoms with Gasteiger partial charge in [0.05, 0.1) is 9.82 Å². The molecule has 4 rings (SSSR count). The first-order valence-corrected chi connectivity index (χ1v) is 11.4. The summed E-state index contributed by atoms with van der Waals surface area (Å²) in [5.41, 5.74) is -0.0372. The van der Waals surface area contributed by atoms with Crippen LogP contribution < -0.4 is 4.74 Å². The van der Waals surface area contributed by atoms with Crippen LogP contribution in [0.1, 0.15) is 32.1 Å². The Hall–Kier alpha value is -2.78. The highest BCUT2D eigenvalue weighted by atomic mass is 32.2. The van der Waals surface area contributed by atoms with Crippen LogP contribution in [0.5, 0.6) is 11.5 Å². The average molecular weight is 430 g/mol. The number of ether oxygens (including phenoxy) is 1. The summed E-state index contributed by atoms with van der Waals surface area (Å²) in [6.07, 6.45) is 3.65. The molecule has 1 aliphatic carbocycles. The molecular weight excluding hydrogens is 408 g/mol. The molecular formula is C21H22N2O6S. The van der Waals surface area contributed by atoms with Crippen LogP contribution in [-0.2, 0) is 14.8 Å². The van der Waals surface area contributed by atoms with Gasteiger partial charge in [0.25, 0.3) is 5.69 Å². The Kier molecular flexibility index (Phi) is 5.57. The molecule has 0 N–H and O–H groups in total. The quantitative estimate of drug-likeness (QED) is 0.526. The van der Waals surface area contributed by atoms with Gasteiger partial charge in [-0.2, -0.15) is 4.31 Å². The van der Waals surface area contributed by atoms with Crippen LogP contribution in [0.2, 0.25) is 0 Å². The van der Waals surface area contributed by atoms with Gasteiger partial charge in [-0.05, 0) is 49.2 Å². The molecule has 0 amide bonds. The van der Waals surface area contributed by atoms with Crippen molar-refractivity contribution in [3.8, 4) is 11.5 Å². The number of Topliss-reactive ketones (excluding diaryl/α,β-unsaturated/α-hetero) is 1. The van der Waals surface area contributed by atoms with Crippen LogP contribution >= 0.6 is 0 Å². The van der Waals surface area contributed by atoms with E-state index in [4.69, 9.17) is 4.74 Å². The fraction of sp³-hybridized carbons (Fsp3) is 0.381. The van der Waals surface area contributed by atoms with Gasteiger partial charge in [-0.15, -0.1) is 0 Å². The number of non-ortho nitro benzene ring substituents is 1. The maximum atomic E-state index is 13.2. The number of hydrogen-bond donors (Lipinski definition) is 0. The molecule has 2 aromatic carbocycles. The van der Waals surface area contributed by atoms with Gasteiger partial charge in [0.1, 0.15) is 17.3 Å². The molecule has 1 heterocycles. The molecule has 0 bridgehead atoms. The maximum Gasteiger partial charge on any atom is 0.269 e. The first kappa shape index (κ1) is 20.5. The molecule has 2 fully saturated rings. The number of benzene rings is 2. The molecule has 158 valence electrons. The second-order valence-electron chi connectivity index (χ2n) is 7.61. The molecule has 8 nitrogen and oxygen atoms in total. The molecule has 2 aromatic rings. The zero-order chi connectivity index (χ0) is 21.3. The maximum absolute atomic E-state index is 13.2. The van der Waals surface area contributed by atoms with E-state index >= 15 is 0 Å². The summed E-state index contributed by atoms with van der Waals surface area (Å²) in [5.74, 6) is 0.827. The number of nitro benzene ring substituents is 1. The number of ketones is 1. The number of hydrogen-bond acceptors (Lipinski definition) is 6. The van der Waals surface area contributed by atoms with Gasteiger partial charge in [-0.3, -0.25) is 14.9 Å². The molecule has 9 heteroatoms. The van der Waals surface area contributed by atoms with Crippen LogP contribution in [0.25, 0.3) is 0 Å². The molecule has 1 aliphatic heterocycles. The van der Waals surface area contributed by atoms with Gasteiger partial charge in [0, 0.05) is 37.1 Å². The summed E-state index contributed by atoms with van der Waals surface area (Å²) in [5, 5.41) is 10.7. The van der Waals surface area contributed by atoms with Crippen LogP contribution in [-0.4, -0.2) is 36.0 Å². The van der Waals surface area contributed by atoms with E-state index in [1.54, 1.807) is 12.1 Å². The zero-order valence-electron chi connectivity index (χ0n) is 16.3. The van der Waals surface area contributed by atoms with Crippen molar-refractivity contribution in [2.45, 2.75) is 43.0 Å². The van der Waals surface area contributed by atoms with Crippen molar-refractivity contribution >= 4 is 21.5 Å². The number of rotatable bonds is 5. The van der Waals surface area contributed by atoms with Gasteiger partial charge in [-0.25, -0.2) is 8.42 Å². The molecule has 2 atom stereocenters. The predicted molar refractivity (Wildman–Crippen MR) is 109 cm³/mol. The molecule has 0 unspecified atom stereocenters. The Labute approximate surface area is 174 Å². The summed E-state index contributed by atoms with van der Waals surface area (Å²) in [4.78, 5) is 22.6. The standard InChI is InChI=1S/C21H22N2O6S/c24-21-13-14-22(20-4-2-1-3-19(20)21)30(27,28)18-11-9-17(10-12-18)29-16-7-5-15(6-8-16)23(25)26/h5-12,19-20H,1-4,13-14H2/t19-,20+/m1/s1. The van der Waals surface area contributed by atoms with Crippen molar-refractivity contribution in [1.82, 2.24) is 4.31 Å². The number of piperidine rings is 1. The highest BCUT2D eigenvalue weighted by molar-refractivity contribution is 7.89. The SMILES string of the molecule is O=C1CCN(S(=O)(=O)c2ccc(Oc3ccc([N+](=O)[O-])cc3)cc2)[C@H]2CCCC[C@@H]12. The minimum absolute atomic E-state index is 0.0372. The lowest BCUT2D eigenvalue weighted by atomic mass is 9.79. The summed E-state index contributed by atoms with van der Waals surface area (Å²) in [6.45, 7) is 0.226. The van der Waals surface area contributed by atoms with E-state index in [1.165, 1.54) is 40.7 Å². The predicted octanol–water partition coefficient (Wildman–Crippen LogP) is 3.91. The highest BCUT2D eigenvalue weighted by Gasteiger charge is 2.43. The number of sulfonamides is 1. The molecule has 1 saturated heterocycles. The second kappa shape index (κ2) is 8.16. The number of carbonyl (C=O) groups excluding carboxylic acids is 1. The van der Waals surface area contributed by atoms with E-state index in [1.807, 2.05) is 0 Å². The highest BCUT2D eigenvalue weighted by Crippen LogP contribution is 2.36. The third-order valence-corrected chi connectivity index (χ3v) is 7.74. The van der Waals surface area contributed by atoms with Crippen molar-refractivity contribution < 1.29 is 22.9 Å². The number of nitrogens with zero attached hydrogens (tertiary/aromatic N) is 2. The lowest BCUT2D eigenvalue weighted by Crippen LogP contribution is -2.53. The Balaban J connectivity index is 1.51. The third kappa shape index (κ3) is 3.95. The summed E-state index contributed by atoms with van der Waals surface area (Å²) < 4.78 is 33.6. The van der Waals surface area contributed by atoms with Crippen molar-refractivity contribution in [1.29, 1.82) is 0 Å². The van der Waals surface area contributed by atoms with E-state index in [-0.39, 0.29) is 41.3 Å². The molecule has 2 aliphatic rings. The normalized spacial score (nSPS) is 22.3. The minimum Gasteiger partial charge on any atom is -0.457 e. The minimum atomic E-state index is -3.71. The van der Waals surface area contributed by atoms with Crippen LogP contribution in [0, 0.1) is 16.0 Å². The van der Waals surface area contributed by atoms with Gasteiger partial charge >= 0.3 is 0 Å². The lowest BCUT2D eigenvalue weighted by Gasteiger charge is -2.42. The average Bonchev–Trinajstić information content (AvgIpc) is 2.75. The van der Waals surface area contributed by atoms with E-state index < -0.39 is 14.9 Å². The summed E-state index contributed by atoms with van der Waals surface area (Å²) in [7, 11) is -3.71. The van der Waals surface area contributed by atoms with Crippen molar-refractivity contribution in [2.24, 2.45) is 5.92 Å². The summed E-state index contributed by atoms with van der Waals surface area (Å²) >= 11 is 0. The van der Waals surface area contributed by atoms with Crippen LogP contribution in [0.4, 0.5) is 5.69 Å². The zero-order valence-corrected chi connectivity index (χ0v) is 17.1. The Morgan fingerprint density at radius 3 is 2.20 bits per heavy atom. The van der Waals surface area contributed by atoms with Crippen LogP contribution in [0.3, 0.4) is 0 Å². The van der Waals surface area contributed by atoms with E-state index in [9.17, 15) is 23.3 Å². The first-order chi connectivity index (χ1) is 14.4. The van der Waals surface area contributed by atoms with Gasteiger partial charge < -0.3 is 4.74 Å². The topological polar surface area (TPSA) is 107 Å². The largest absolute Gasteiger partial charge is 0.457 e. The van der Waals surface area contributed by atoms with Crippen molar-refractivity contribution in [2.75, 3.05) is 6.54 Å². The smallest absolute Gasteiger partial charge is 0.269 e. The van der Waals surface area contributed by atoms with Gasteiger partial charge in [0.15, 0.2) is 0 Å². The fourth-order valence-corrected chi connectivity index (χ4v) is 5.98. The van der Waals surface area contributed by atoms with Gasteiger partial charge in [0.2, 0.25) is 10.0 Å². The Bertz CT molecular complexity index is 1050. The Morgan fingerprint density at radius 1 is 0.967 bits per heavy atom. The lowest BCUT2D eigenvalue weighted by molar-refractivity contribution is -0.384. The van der Waals surface area contributed by atoms with E-state index in [0.717, 1.165) is 25.7 Å². The first-order valence-electron chi connectivity index (χ1n) is 9.93.